The van der Waals surface area contributed by atoms with Crippen LogP contribution in [0, 0.1) is 5.92 Å². The van der Waals surface area contributed by atoms with Crippen molar-refractivity contribution in [2.24, 2.45) is 5.92 Å². The third-order valence-corrected chi connectivity index (χ3v) is 5.56. The maximum atomic E-state index is 13.4. The topological polar surface area (TPSA) is 62.8 Å². The molecule has 6 nitrogen and oxygen atoms in total. The lowest BCUT2D eigenvalue weighted by Crippen LogP contribution is -2.57. The molecule has 1 saturated heterocycles. The van der Waals surface area contributed by atoms with E-state index in [1.165, 1.54) is 4.90 Å². The lowest BCUT2D eigenvalue weighted by molar-refractivity contribution is -0.184. The monoisotopic (exact) mass is 399 g/mol. The number of piperazine rings is 1. The summed E-state index contributed by atoms with van der Waals surface area (Å²) in [4.78, 5) is 13.8. The fraction of sp³-hybridized carbons (Fsp3) is 0.632. The average Bonchev–Trinajstić information content (AvgIpc) is 3.48. The highest BCUT2D eigenvalue weighted by Gasteiger charge is 2.47. The number of benzene rings is 1. The molecule has 9 heteroatoms. The number of ether oxygens (including phenoxy) is 2. The van der Waals surface area contributed by atoms with Gasteiger partial charge in [-0.15, -0.1) is 0 Å². The summed E-state index contributed by atoms with van der Waals surface area (Å²) in [6.07, 6.45) is -3.74. The van der Waals surface area contributed by atoms with Gasteiger partial charge in [-0.2, -0.15) is 13.2 Å². The van der Waals surface area contributed by atoms with Crippen LogP contribution in [0.25, 0.3) is 0 Å². The molecule has 3 unspecified atom stereocenters. The Morgan fingerprint density at radius 3 is 2.64 bits per heavy atom. The molecule has 0 bridgehead atoms. The molecule has 2 heterocycles. The van der Waals surface area contributed by atoms with Crippen LogP contribution in [-0.2, 0) is 4.79 Å². The van der Waals surface area contributed by atoms with Crippen LogP contribution in [0.1, 0.15) is 17.9 Å². The van der Waals surface area contributed by atoms with Crippen molar-refractivity contribution in [3.63, 3.8) is 0 Å². The van der Waals surface area contributed by atoms with E-state index in [1.54, 1.807) is 0 Å². The second-order valence-electron chi connectivity index (χ2n) is 7.44. The summed E-state index contributed by atoms with van der Waals surface area (Å²) in [5.41, 5.74) is 0.957. The Morgan fingerprint density at radius 2 is 1.93 bits per heavy atom. The van der Waals surface area contributed by atoms with E-state index in [0.29, 0.717) is 57.3 Å². The van der Waals surface area contributed by atoms with Crippen LogP contribution < -0.4 is 20.1 Å². The summed E-state index contributed by atoms with van der Waals surface area (Å²) in [5.74, 6) is 0.745. The number of hydrogen-bond donors (Lipinski definition) is 2. The van der Waals surface area contributed by atoms with Gasteiger partial charge in [0.2, 0.25) is 5.91 Å². The normalized spacial score (nSPS) is 25.8. The smallest absolute Gasteiger partial charge is 0.405 e. The van der Waals surface area contributed by atoms with E-state index in [9.17, 15) is 18.0 Å². The van der Waals surface area contributed by atoms with Crippen molar-refractivity contribution < 1.29 is 27.4 Å². The van der Waals surface area contributed by atoms with Gasteiger partial charge in [0, 0.05) is 38.6 Å². The van der Waals surface area contributed by atoms with Crippen molar-refractivity contribution in [2.45, 2.75) is 24.6 Å². The first-order valence-corrected chi connectivity index (χ1v) is 9.62. The predicted octanol–water partition coefficient (Wildman–Crippen LogP) is 1.51. The summed E-state index contributed by atoms with van der Waals surface area (Å²) in [7, 11) is 0. The van der Waals surface area contributed by atoms with Gasteiger partial charge in [-0.1, -0.05) is 6.07 Å². The van der Waals surface area contributed by atoms with Crippen molar-refractivity contribution in [1.29, 1.82) is 0 Å². The number of amides is 1. The highest BCUT2D eigenvalue weighted by Crippen LogP contribution is 2.49. The van der Waals surface area contributed by atoms with Crippen molar-refractivity contribution in [3.05, 3.63) is 23.8 Å². The van der Waals surface area contributed by atoms with Gasteiger partial charge >= 0.3 is 6.18 Å². The fourth-order valence-electron chi connectivity index (χ4n) is 3.92. The summed E-state index contributed by atoms with van der Waals surface area (Å²) < 4.78 is 51.4. The van der Waals surface area contributed by atoms with E-state index < -0.39 is 18.8 Å². The van der Waals surface area contributed by atoms with E-state index >= 15 is 0 Å². The summed E-state index contributed by atoms with van der Waals surface area (Å²) in [6.45, 7) is 2.27. The van der Waals surface area contributed by atoms with E-state index in [0.717, 1.165) is 5.56 Å². The quantitative estimate of drug-likeness (QED) is 0.786. The van der Waals surface area contributed by atoms with Gasteiger partial charge in [0.05, 0.1) is 0 Å². The molecule has 0 spiro atoms. The number of nitrogens with one attached hydrogen (secondary N) is 2. The van der Waals surface area contributed by atoms with Gasteiger partial charge in [0.25, 0.3) is 0 Å². The second-order valence-corrected chi connectivity index (χ2v) is 7.44. The number of hydrogen-bond acceptors (Lipinski definition) is 5. The maximum Gasteiger partial charge on any atom is 0.405 e. The number of carbonyl (C=O) groups excluding carboxylic acids is 1. The molecule has 28 heavy (non-hydrogen) atoms. The summed E-state index contributed by atoms with van der Waals surface area (Å²) >= 11 is 0. The zero-order valence-electron chi connectivity index (χ0n) is 15.4. The summed E-state index contributed by atoms with van der Waals surface area (Å²) in [5, 5.41) is 5.58. The standard InChI is InChI=1S/C19H24F3N3O3/c20-19(21,22)17(25-5-3-23-4-6-25)11-24-18(26)14-10-13(14)12-1-2-15-16(9-12)28-8-7-27-15/h1-2,9,13-14,17,23H,3-8,10-11H2,(H,24,26). The molecule has 1 aliphatic carbocycles. The number of fused-ring (bicyclic) bond motifs is 1. The minimum absolute atomic E-state index is 0.0133. The van der Waals surface area contributed by atoms with Gasteiger partial charge in [-0.25, -0.2) is 0 Å². The van der Waals surface area contributed by atoms with Gasteiger partial charge in [-0.05, 0) is 30.0 Å². The third-order valence-electron chi connectivity index (χ3n) is 5.56. The maximum absolute atomic E-state index is 13.4. The largest absolute Gasteiger partial charge is 0.486 e. The number of carbonyl (C=O) groups is 1. The molecule has 1 saturated carbocycles. The van der Waals surface area contributed by atoms with Gasteiger partial charge < -0.3 is 20.1 Å². The molecule has 0 radical (unpaired) electrons. The first-order valence-electron chi connectivity index (χ1n) is 9.62. The minimum Gasteiger partial charge on any atom is -0.486 e. The Hall–Kier alpha value is -2.00. The fourth-order valence-corrected chi connectivity index (χ4v) is 3.92. The molecule has 2 aliphatic heterocycles. The molecule has 1 aromatic rings. The zero-order valence-corrected chi connectivity index (χ0v) is 15.4. The van der Waals surface area contributed by atoms with Gasteiger partial charge in [0.15, 0.2) is 11.5 Å². The van der Waals surface area contributed by atoms with E-state index in [2.05, 4.69) is 10.6 Å². The van der Waals surface area contributed by atoms with E-state index in [4.69, 9.17) is 9.47 Å². The van der Waals surface area contributed by atoms with Crippen LogP contribution in [0.5, 0.6) is 11.5 Å². The lowest BCUT2D eigenvalue weighted by Gasteiger charge is -2.35. The Balaban J connectivity index is 1.34. The van der Waals surface area contributed by atoms with Crippen LogP contribution >= 0.6 is 0 Å². The third kappa shape index (κ3) is 4.20. The molecule has 0 aromatic heterocycles. The molecule has 154 valence electrons. The molecular weight excluding hydrogens is 375 g/mol. The molecule has 2 fully saturated rings. The number of halogens is 3. The van der Waals surface area contributed by atoms with Crippen LogP contribution in [0.3, 0.4) is 0 Å². The van der Waals surface area contributed by atoms with E-state index in [-0.39, 0.29) is 17.7 Å². The summed E-state index contributed by atoms with van der Waals surface area (Å²) in [6, 6.07) is 3.93. The van der Waals surface area contributed by atoms with Gasteiger partial charge in [0.1, 0.15) is 19.3 Å². The molecule has 2 N–H and O–H groups in total. The Labute approximate surface area is 161 Å². The van der Waals surface area contributed by atoms with Crippen molar-refractivity contribution in [3.8, 4) is 11.5 Å². The van der Waals surface area contributed by atoms with Crippen molar-refractivity contribution >= 4 is 5.91 Å². The molecule has 3 atom stereocenters. The second kappa shape index (κ2) is 7.79. The molecule has 3 aliphatic rings. The molecule has 1 aromatic carbocycles. The minimum atomic E-state index is -4.37. The Bertz CT molecular complexity index is 722. The van der Waals surface area contributed by atoms with Crippen LogP contribution in [0.2, 0.25) is 0 Å². The SMILES string of the molecule is O=C(NCC(N1CCNCC1)C(F)(F)F)C1CC1c1ccc2c(c1)OCCO2. The zero-order chi connectivity index (χ0) is 19.7. The van der Waals surface area contributed by atoms with Crippen molar-refractivity contribution in [1.82, 2.24) is 15.5 Å². The van der Waals surface area contributed by atoms with Gasteiger partial charge in [-0.3, -0.25) is 9.69 Å². The average molecular weight is 399 g/mol. The van der Waals surface area contributed by atoms with Crippen LogP contribution in [0.15, 0.2) is 18.2 Å². The molecule has 4 rings (SSSR count). The lowest BCUT2D eigenvalue weighted by atomic mass is 10.1. The first-order chi connectivity index (χ1) is 13.4. The first kappa shape index (κ1) is 19.3. The van der Waals surface area contributed by atoms with Crippen LogP contribution in [-0.4, -0.2) is 69.0 Å². The number of nitrogens with zero attached hydrogens (tertiary/aromatic N) is 1. The molecular formula is C19H24F3N3O3. The number of alkyl halides is 3. The van der Waals surface area contributed by atoms with Crippen LogP contribution in [0.4, 0.5) is 13.2 Å². The highest BCUT2D eigenvalue weighted by molar-refractivity contribution is 5.83. The molecule has 1 amide bonds. The van der Waals surface area contributed by atoms with Crippen molar-refractivity contribution in [2.75, 3.05) is 45.9 Å². The van der Waals surface area contributed by atoms with E-state index in [1.807, 2.05) is 18.2 Å². The predicted molar refractivity (Wildman–Crippen MR) is 95.6 cm³/mol. The highest BCUT2D eigenvalue weighted by atomic mass is 19.4. The number of rotatable bonds is 5. The Kier molecular flexibility index (Phi) is 5.37. The Morgan fingerprint density at radius 1 is 1.21 bits per heavy atom.